The van der Waals surface area contributed by atoms with Gasteiger partial charge in [-0.1, -0.05) is 20.8 Å². The van der Waals surface area contributed by atoms with E-state index in [1.807, 2.05) is 31.5 Å². The maximum atomic E-state index is 13.9. The zero-order valence-corrected chi connectivity index (χ0v) is 15.7. The second kappa shape index (κ2) is 7.38. The number of benzene rings is 1. The number of hydrogen-bond donors (Lipinski definition) is 3. The summed E-state index contributed by atoms with van der Waals surface area (Å²) < 4.78 is 15.8. The van der Waals surface area contributed by atoms with E-state index >= 15 is 0 Å². The summed E-state index contributed by atoms with van der Waals surface area (Å²) >= 11 is 0. The third kappa shape index (κ3) is 4.64. The average Bonchev–Trinajstić information content (AvgIpc) is 3.07. The molecule has 1 aliphatic heterocycles. The van der Waals surface area contributed by atoms with Crippen LogP contribution in [0, 0.1) is 11.2 Å². The van der Waals surface area contributed by atoms with E-state index < -0.39 is 11.8 Å². The normalized spacial score (nSPS) is 14.9. The van der Waals surface area contributed by atoms with Crippen molar-refractivity contribution in [2.24, 2.45) is 5.41 Å². The molecule has 3 amide bonds. The summed E-state index contributed by atoms with van der Waals surface area (Å²) in [5.41, 5.74) is 1.18. The fourth-order valence-corrected chi connectivity index (χ4v) is 3.02. The summed E-state index contributed by atoms with van der Waals surface area (Å²) in [5.74, 6) is -0.601. The standard InChI is InChI=1S/C19H24FN5O2/c1-19(2,3)15(10-25-7-6-21-11-25)23-18(27)22-14-9-13(20)8-12-4-5-16(26)24-17(12)14/h6-9,11,15H,4-5,10H2,1-3H3,(H,24,26)(H2,22,23,27)/t15-/m1/s1. The highest BCUT2D eigenvalue weighted by Crippen LogP contribution is 2.32. The number of aromatic nitrogens is 2. The van der Waals surface area contributed by atoms with E-state index in [0.717, 1.165) is 0 Å². The van der Waals surface area contributed by atoms with Gasteiger partial charge in [0.1, 0.15) is 5.82 Å². The van der Waals surface area contributed by atoms with Crippen molar-refractivity contribution in [3.05, 3.63) is 42.2 Å². The molecule has 1 aliphatic rings. The van der Waals surface area contributed by atoms with Crippen molar-refractivity contribution >= 4 is 23.3 Å². The predicted molar refractivity (Wildman–Crippen MR) is 101 cm³/mol. The summed E-state index contributed by atoms with van der Waals surface area (Å²) in [6, 6.07) is 1.95. The summed E-state index contributed by atoms with van der Waals surface area (Å²) in [7, 11) is 0. The van der Waals surface area contributed by atoms with E-state index in [1.165, 1.54) is 12.1 Å². The third-order valence-corrected chi connectivity index (χ3v) is 4.62. The molecule has 0 aliphatic carbocycles. The van der Waals surface area contributed by atoms with Crippen LogP contribution in [0.2, 0.25) is 0 Å². The summed E-state index contributed by atoms with van der Waals surface area (Å²) in [6.45, 7) is 6.63. The van der Waals surface area contributed by atoms with Gasteiger partial charge in [-0.25, -0.2) is 14.2 Å². The van der Waals surface area contributed by atoms with Gasteiger partial charge in [0.15, 0.2) is 0 Å². The third-order valence-electron chi connectivity index (χ3n) is 4.62. The quantitative estimate of drug-likeness (QED) is 0.769. The molecule has 27 heavy (non-hydrogen) atoms. The van der Waals surface area contributed by atoms with Gasteiger partial charge < -0.3 is 20.5 Å². The van der Waals surface area contributed by atoms with Crippen LogP contribution in [0.5, 0.6) is 0 Å². The largest absolute Gasteiger partial charge is 0.335 e. The molecule has 7 nitrogen and oxygen atoms in total. The number of carbonyl (C=O) groups excluding carboxylic acids is 2. The zero-order valence-electron chi connectivity index (χ0n) is 15.7. The van der Waals surface area contributed by atoms with E-state index in [0.29, 0.717) is 30.6 Å². The Labute approximate surface area is 157 Å². The van der Waals surface area contributed by atoms with Gasteiger partial charge in [-0.3, -0.25) is 4.79 Å². The molecule has 0 spiro atoms. The van der Waals surface area contributed by atoms with Crippen LogP contribution >= 0.6 is 0 Å². The van der Waals surface area contributed by atoms with Crippen LogP contribution in [0.1, 0.15) is 32.8 Å². The number of nitrogens with zero attached hydrogens (tertiary/aromatic N) is 2. The zero-order chi connectivity index (χ0) is 19.6. The van der Waals surface area contributed by atoms with E-state index in [1.54, 1.807) is 12.5 Å². The van der Waals surface area contributed by atoms with Gasteiger partial charge in [0, 0.05) is 25.4 Å². The van der Waals surface area contributed by atoms with Crippen LogP contribution in [0.4, 0.5) is 20.6 Å². The topological polar surface area (TPSA) is 88.1 Å². The molecule has 0 bridgehead atoms. The van der Waals surface area contributed by atoms with Crippen molar-refractivity contribution in [2.45, 2.75) is 46.2 Å². The van der Waals surface area contributed by atoms with Crippen LogP contribution in [0.25, 0.3) is 0 Å². The minimum atomic E-state index is -0.456. The first-order valence-corrected chi connectivity index (χ1v) is 8.88. The molecule has 0 radical (unpaired) electrons. The molecule has 3 rings (SSSR count). The van der Waals surface area contributed by atoms with E-state index in [2.05, 4.69) is 20.9 Å². The second-order valence-electron chi connectivity index (χ2n) is 7.81. The number of urea groups is 1. The van der Waals surface area contributed by atoms with Gasteiger partial charge in [-0.2, -0.15) is 0 Å². The van der Waals surface area contributed by atoms with Crippen LogP contribution < -0.4 is 16.0 Å². The lowest BCUT2D eigenvalue weighted by Gasteiger charge is -2.32. The van der Waals surface area contributed by atoms with Gasteiger partial charge in [0.25, 0.3) is 0 Å². The molecular weight excluding hydrogens is 349 g/mol. The summed E-state index contributed by atoms with van der Waals surface area (Å²) in [6.07, 6.45) is 5.95. The van der Waals surface area contributed by atoms with E-state index in [9.17, 15) is 14.0 Å². The highest BCUT2D eigenvalue weighted by molar-refractivity contribution is 6.01. The van der Waals surface area contributed by atoms with Gasteiger partial charge >= 0.3 is 6.03 Å². The van der Waals surface area contributed by atoms with Crippen molar-refractivity contribution in [3.8, 4) is 0 Å². The minimum Gasteiger partial charge on any atom is -0.335 e. The van der Waals surface area contributed by atoms with Gasteiger partial charge in [-0.15, -0.1) is 0 Å². The Bertz CT molecular complexity index is 843. The first kappa shape index (κ1) is 18.9. The number of amides is 3. The van der Waals surface area contributed by atoms with Crippen LogP contribution in [-0.2, 0) is 17.8 Å². The second-order valence-corrected chi connectivity index (χ2v) is 7.81. The number of rotatable bonds is 4. The SMILES string of the molecule is CC(C)(C)[C@@H](Cn1ccnc1)NC(=O)Nc1cc(F)cc2c1NC(=O)CC2. The lowest BCUT2D eigenvalue weighted by Crippen LogP contribution is -2.48. The summed E-state index contributed by atoms with van der Waals surface area (Å²) in [5, 5.41) is 8.35. The molecule has 2 heterocycles. The first-order valence-electron chi connectivity index (χ1n) is 8.88. The molecule has 1 aromatic carbocycles. The van der Waals surface area contributed by atoms with Crippen molar-refractivity contribution < 1.29 is 14.0 Å². The Morgan fingerprint density at radius 1 is 1.37 bits per heavy atom. The molecule has 2 aromatic rings. The fourth-order valence-electron chi connectivity index (χ4n) is 3.02. The minimum absolute atomic E-state index is 0.148. The lowest BCUT2D eigenvalue weighted by molar-refractivity contribution is -0.116. The molecule has 8 heteroatoms. The Balaban J connectivity index is 1.76. The number of aryl methyl sites for hydroxylation is 1. The van der Waals surface area contributed by atoms with Crippen molar-refractivity contribution in [3.63, 3.8) is 0 Å². The lowest BCUT2D eigenvalue weighted by atomic mass is 9.86. The molecular formula is C19H24FN5O2. The van der Waals surface area contributed by atoms with Crippen molar-refractivity contribution in [2.75, 3.05) is 10.6 Å². The van der Waals surface area contributed by atoms with Crippen molar-refractivity contribution in [1.29, 1.82) is 0 Å². The number of anilines is 2. The molecule has 144 valence electrons. The van der Waals surface area contributed by atoms with E-state index in [4.69, 9.17) is 0 Å². The summed E-state index contributed by atoms with van der Waals surface area (Å²) in [4.78, 5) is 28.3. The van der Waals surface area contributed by atoms with Crippen LogP contribution in [-0.4, -0.2) is 27.5 Å². The smallest absolute Gasteiger partial charge is 0.319 e. The number of carbonyl (C=O) groups is 2. The number of fused-ring (bicyclic) bond motifs is 1. The van der Waals surface area contributed by atoms with Crippen LogP contribution in [0.3, 0.4) is 0 Å². The maximum absolute atomic E-state index is 13.9. The Hall–Kier alpha value is -2.90. The maximum Gasteiger partial charge on any atom is 0.319 e. The number of nitrogens with one attached hydrogen (secondary N) is 3. The average molecular weight is 373 g/mol. The first-order chi connectivity index (χ1) is 12.7. The van der Waals surface area contributed by atoms with E-state index in [-0.39, 0.29) is 23.1 Å². The van der Waals surface area contributed by atoms with Crippen LogP contribution in [0.15, 0.2) is 30.9 Å². The molecule has 0 fully saturated rings. The fraction of sp³-hybridized carbons (Fsp3) is 0.421. The van der Waals surface area contributed by atoms with Gasteiger partial charge in [-0.05, 0) is 29.5 Å². The molecule has 1 atom stereocenters. The molecule has 0 unspecified atom stereocenters. The van der Waals surface area contributed by atoms with Crippen molar-refractivity contribution in [1.82, 2.24) is 14.9 Å². The molecule has 0 saturated heterocycles. The van der Waals surface area contributed by atoms with Gasteiger partial charge in [0.05, 0.1) is 23.7 Å². The molecule has 3 N–H and O–H groups in total. The predicted octanol–water partition coefficient (Wildman–Crippen LogP) is 3.14. The monoisotopic (exact) mass is 373 g/mol. The Morgan fingerprint density at radius 2 is 2.15 bits per heavy atom. The van der Waals surface area contributed by atoms with Gasteiger partial charge in [0.2, 0.25) is 5.91 Å². The Morgan fingerprint density at radius 3 is 2.81 bits per heavy atom. The highest BCUT2D eigenvalue weighted by atomic mass is 19.1. The molecule has 0 saturated carbocycles. The number of halogens is 1. The Kier molecular flexibility index (Phi) is 5.16. The molecule has 1 aromatic heterocycles. The number of imidazole rings is 1. The highest BCUT2D eigenvalue weighted by Gasteiger charge is 2.27. The number of hydrogen-bond acceptors (Lipinski definition) is 3.